The number of carbonyl (C=O) groups excluding carboxylic acids is 1. The van der Waals surface area contributed by atoms with E-state index in [4.69, 9.17) is 27.9 Å². The molecule has 6 nitrogen and oxygen atoms in total. The van der Waals surface area contributed by atoms with Crippen molar-refractivity contribution in [3.8, 4) is 0 Å². The summed E-state index contributed by atoms with van der Waals surface area (Å²) in [5.41, 5.74) is 1.53. The van der Waals surface area contributed by atoms with Crippen LogP contribution < -0.4 is 4.72 Å². The highest BCUT2D eigenvalue weighted by atomic mass is 35.5. The lowest BCUT2D eigenvalue weighted by atomic mass is 10.2. The van der Waals surface area contributed by atoms with Gasteiger partial charge in [0, 0.05) is 16.1 Å². The number of aromatic nitrogens is 1. The first-order valence-electron chi connectivity index (χ1n) is 7.87. The summed E-state index contributed by atoms with van der Waals surface area (Å²) >= 11 is 12.1. The van der Waals surface area contributed by atoms with Gasteiger partial charge in [0.05, 0.1) is 23.3 Å². The van der Waals surface area contributed by atoms with Crippen molar-refractivity contribution in [2.45, 2.75) is 18.4 Å². The van der Waals surface area contributed by atoms with Gasteiger partial charge < -0.3 is 9.30 Å². The number of nitrogens with one attached hydrogen (secondary N) is 1. The third-order valence-electron chi connectivity index (χ3n) is 4.16. The van der Waals surface area contributed by atoms with E-state index in [0.29, 0.717) is 27.3 Å². The Morgan fingerprint density at radius 1 is 1.19 bits per heavy atom. The van der Waals surface area contributed by atoms with Crippen molar-refractivity contribution in [3.63, 3.8) is 0 Å². The lowest BCUT2D eigenvalue weighted by molar-refractivity contribution is -0.141. The van der Waals surface area contributed by atoms with Crippen LogP contribution in [0.3, 0.4) is 0 Å². The van der Waals surface area contributed by atoms with E-state index in [9.17, 15) is 13.2 Å². The number of anilines is 1. The maximum Gasteiger partial charge on any atom is 0.325 e. The number of carbonyl (C=O) groups is 1. The second kappa shape index (κ2) is 7.42. The Bertz CT molecular complexity index is 1140. The van der Waals surface area contributed by atoms with Crippen molar-refractivity contribution in [2.75, 3.05) is 11.8 Å². The third kappa shape index (κ3) is 3.76. The summed E-state index contributed by atoms with van der Waals surface area (Å²) in [7, 11) is -2.65. The average Bonchev–Trinajstić information content (AvgIpc) is 2.86. The van der Waals surface area contributed by atoms with Gasteiger partial charge in [-0.15, -0.1) is 0 Å². The molecule has 0 radical (unpaired) electrons. The number of sulfonamides is 1. The molecule has 142 valence electrons. The molecule has 0 spiro atoms. The van der Waals surface area contributed by atoms with E-state index in [1.54, 1.807) is 41.8 Å². The van der Waals surface area contributed by atoms with E-state index >= 15 is 0 Å². The quantitative estimate of drug-likeness (QED) is 0.619. The molecule has 0 atom stereocenters. The summed E-state index contributed by atoms with van der Waals surface area (Å²) in [6.07, 6.45) is 0. The molecule has 0 aliphatic carbocycles. The van der Waals surface area contributed by atoms with Gasteiger partial charge in [-0.05, 0) is 37.3 Å². The minimum atomic E-state index is -3.95. The Balaban J connectivity index is 2.17. The van der Waals surface area contributed by atoms with Gasteiger partial charge in [0.25, 0.3) is 10.0 Å². The van der Waals surface area contributed by atoms with Gasteiger partial charge in [0.1, 0.15) is 11.4 Å². The molecule has 2 aromatic carbocycles. The van der Waals surface area contributed by atoms with Gasteiger partial charge in [-0.25, -0.2) is 8.42 Å². The average molecular weight is 427 g/mol. The fourth-order valence-corrected chi connectivity index (χ4v) is 4.66. The van der Waals surface area contributed by atoms with Gasteiger partial charge in [0.2, 0.25) is 0 Å². The van der Waals surface area contributed by atoms with E-state index in [0.717, 1.165) is 0 Å². The lowest BCUT2D eigenvalue weighted by Crippen LogP contribution is -2.15. The molecule has 0 unspecified atom stereocenters. The summed E-state index contributed by atoms with van der Waals surface area (Å²) in [6, 6.07) is 11.2. The molecule has 0 fully saturated rings. The van der Waals surface area contributed by atoms with E-state index in [2.05, 4.69) is 4.72 Å². The van der Waals surface area contributed by atoms with Gasteiger partial charge >= 0.3 is 5.97 Å². The van der Waals surface area contributed by atoms with Crippen LogP contribution in [0.1, 0.15) is 5.69 Å². The minimum absolute atomic E-state index is 0.0398. The first-order chi connectivity index (χ1) is 12.7. The Labute approximate surface area is 166 Å². The van der Waals surface area contributed by atoms with Crippen molar-refractivity contribution in [1.82, 2.24) is 4.57 Å². The zero-order valence-corrected chi connectivity index (χ0v) is 16.8. The van der Waals surface area contributed by atoms with Crippen LogP contribution in [0, 0.1) is 6.92 Å². The van der Waals surface area contributed by atoms with Gasteiger partial charge in [-0.1, -0.05) is 35.3 Å². The van der Waals surface area contributed by atoms with Crippen LogP contribution in [0.15, 0.2) is 47.4 Å². The molecule has 0 amide bonds. The fraction of sp³-hybridized carbons (Fsp3) is 0.167. The zero-order valence-electron chi connectivity index (χ0n) is 14.5. The fourth-order valence-electron chi connectivity index (χ4n) is 2.83. The summed E-state index contributed by atoms with van der Waals surface area (Å²) in [5.74, 6) is -0.453. The maximum absolute atomic E-state index is 12.9. The molecule has 1 aromatic heterocycles. The molecule has 0 saturated carbocycles. The van der Waals surface area contributed by atoms with Crippen LogP contribution in [0.25, 0.3) is 10.9 Å². The van der Waals surface area contributed by atoms with Gasteiger partial charge in [0.15, 0.2) is 0 Å². The van der Waals surface area contributed by atoms with Crippen LogP contribution >= 0.6 is 23.2 Å². The first-order valence-corrected chi connectivity index (χ1v) is 10.1. The summed E-state index contributed by atoms with van der Waals surface area (Å²) < 4.78 is 34.7. The monoisotopic (exact) mass is 426 g/mol. The predicted octanol–water partition coefficient (Wildman–Crippen LogP) is 4.23. The molecule has 3 rings (SSSR count). The summed E-state index contributed by atoms with van der Waals surface area (Å²) in [4.78, 5) is 11.7. The predicted molar refractivity (Wildman–Crippen MR) is 106 cm³/mol. The first kappa shape index (κ1) is 19.5. The van der Waals surface area contributed by atoms with Crippen LogP contribution in [-0.4, -0.2) is 26.1 Å². The second-order valence-corrected chi connectivity index (χ2v) is 8.31. The Kier molecular flexibility index (Phi) is 5.37. The SMILES string of the molecule is COC(=O)Cn1c(C)c(NS(=O)(=O)c2ccccc2Cl)c2cc(Cl)ccc21. The maximum atomic E-state index is 12.9. The van der Waals surface area contributed by atoms with E-state index in [1.165, 1.54) is 19.2 Å². The molecular formula is C18H16Cl2N2O4S. The van der Waals surface area contributed by atoms with Crippen molar-refractivity contribution in [3.05, 3.63) is 58.2 Å². The molecule has 0 aliphatic rings. The van der Waals surface area contributed by atoms with E-state index in [1.807, 2.05) is 0 Å². The number of fused-ring (bicyclic) bond motifs is 1. The number of hydrogen-bond acceptors (Lipinski definition) is 4. The highest BCUT2D eigenvalue weighted by Gasteiger charge is 2.23. The van der Waals surface area contributed by atoms with Crippen molar-refractivity contribution in [2.24, 2.45) is 0 Å². The molecule has 9 heteroatoms. The number of hydrogen-bond donors (Lipinski definition) is 1. The number of benzene rings is 2. The highest BCUT2D eigenvalue weighted by Crippen LogP contribution is 2.35. The highest BCUT2D eigenvalue weighted by molar-refractivity contribution is 7.92. The molecule has 0 saturated heterocycles. The van der Waals surface area contributed by atoms with Crippen LogP contribution in [0.5, 0.6) is 0 Å². The third-order valence-corrected chi connectivity index (χ3v) is 6.25. The van der Waals surface area contributed by atoms with Gasteiger partial charge in [-0.2, -0.15) is 0 Å². The molecule has 1 heterocycles. The van der Waals surface area contributed by atoms with Crippen molar-refractivity contribution in [1.29, 1.82) is 0 Å². The second-order valence-electron chi connectivity index (χ2n) is 5.82. The number of nitrogens with zero attached hydrogens (tertiary/aromatic N) is 1. The summed E-state index contributed by atoms with van der Waals surface area (Å²) in [5, 5.41) is 1.12. The Morgan fingerprint density at radius 2 is 1.89 bits per heavy atom. The molecule has 0 bridgehead atoms. The van der Waals surface area contributed by atoms with E-state index in [-0.39, 0.29) is 16.5 Å². The summed E-state index contributed by atoms with van der Waals surface area (Å²) in [6.45, 7) is 1.65. The number of methoxy groups -OCH3 is 1. The molecule has 27 heavy (non-hydrogen) atoms. The zero-order chi connectivity index (χ0) is 19.8. The van der Waals surface area contributed by atoms with Gasteiger partial charge in [-0.3, -0.25) is 9.52 Å². The normalized spacial score (nSPS) is 11.6. The molecule has 1 N–H and O–H groups in total. The number of ether oxygens (including phenoxy) is 1. The largest absolute Gasteiger partial charge is 0.468 e. The van der Waals surface area contributed by atoms with Crippen LogP contribution in [0.4, 0.5) is 5.69 Å². The number of halogens is 2. The van der Waals surface area contributed by atoms with Crippen molar-refractivity contribution >= 4 is 55.8 Å². The molecule has 3 aromatic rings. The lowest BCUT2D eigenvalue weighted by Gasteiger charge is -2.11. The molecule has 0 aliphatic heterocycles. The Hall–Kier alpha value is -2.22. The Morgan fingerprint density at radius 3 is 2.56 bits per heavy atom. The van der Waals surface area contributed by atoms with Crippen LogP contribution in [-0.2, 0) is 26.1 Å². The standard InChI is InChI=1S/C18H16Cl2N2O4S/c1-11-18(21-27(24,25)16-6-4-3-5-14(16)20)13-9-12(19)7-8-15(13)22(11)10-17(23)26-2/h3-9,21H,10H2,1-2H3. The van der Waals surface area contributed by atoms with Crippen molar-refractivity contribution < 1.29 is 17.9 Å². The number of rotatable bonds is 5. The topological polar surface area (TPSA) is 77.4 Å². The van der Waals surface area contributed by atoms with E-state index < -0.39 is 16.0 Å². The van der Waals surface area contributed by atoms with Crippen LogP contribution in [0.2, 0.25) is 10.0 Å². The smallest absolute Gasteiger partial charge is 0.325 e. The minimum Gasteiger partial charge on any atom is -0.468 e. The number of esters is 1. The molecular weight excluding hydrogens is 411 g/mol.